The topological polar surface area (TPSA) is 75.7 Å². The minimum atomic E-state index is -3.73. The lowest BCUT2D eigenvalue weighted by Crippen LogP contribution is -2.42. The number of carbonyl (C=O) groups is 1. The van der Waals surface area contributed by atoms with Crippen LogP contribution in [0.1, 0.15) is 18.4 Å². The van der Waals surface area contributed by atoms with Gasteiger partial charge in [-0.25, -0.2) is 12.8 Å². The Morgan fingerprint density at radius 1 is 1.17 bits per heavy atom. The fourth-order valence-corrected chi connectivity index (χ4v) is 6.13. The SMILES string of the molecule is Cc1cccc(S(=O)(=O)N2C[C@H](C(=O)Nc3cccc(F)c3)C3(CCOCC3)C2)c1. The van der Waals surface area contributed by atoms with Crippen molar-refractivity contribution in [3.63, 3.8) is 0 Å². The summed E-state index contributed by atoms with van der Waals surface area (Å²) in [5.41, 5.74) is 0.727. The highest BCUT2D eigenvalue weighted by molar-refractivity contribution is 7.89. The summed E-state index contributed by atoms with van der Waals surface area (Å²) >= 11 is 0. The average molecular weight is 433 g/mol. The van der Waals surface area contributed by atoms with Gasteiger partial charge in [-0.2, -0.15) is 4.31 Å². The molecule has 2 saturated heterocycles. The van der Waals surface area contributed by atoms with E-state index in [-0.39, 0.29) is 23.9 Å². The number of nitrogens with one attached hydrogen (secondary N) is 1. The van der Waals surface area contributed by atoms with E-state index in [1.807, 2.05) is 13.0 Å². The van der Waals surface area contributed by atoms with Crippen molar-refractivity contribution in [2.45, 2.75) is 24.7 Å². The zero-order chi connectivity index (χ0) is 21.4. The van der Waals surface area contributed by atoms with Gasteiger partial charge in [0.15, 0.2) is 0 Å². The molecule has 160 valence electrons. The third-order valence-electron chi connectivity index (χ3n) is 6.14. The lowest BCUT2D eigenvalue weighted by molar-refractivity contribution is -0.124. The highest BCUT2D eigenvalue weighted by atomic mass is 32.2. The molecular formula is C22H25FN2O4S. The Morgan fingerprint density at radius 3 is 2.60 bits per heavy atom. The molecule has 2 fully saturated rings. The first-order chi connectivity index (χ1) is 14.3. The molecule has 2 aromatic rings. The van der Waals surface area contributed by atoms with Gasteiger partial charge >= 0.3 is 0 Å². The Hall–Kier alpha value is -2.29. The monoisotopic (exact) mass is 432 g/mol. The third kappa shape index (κ3) is 3.99. The number of sulfonamides is 1. The van der Waals surface area contributed by atoms with Crippen LogP contribution in [-0.4, -0.2) is 44.9 Å². The zero-order valence-electron chi connectivity index (χ0n) is 16.8. The van der Waals surface area contributed by atoms with Crippen molar-refractivity contribution in [2.75, 3.05) is 31.6 Å². The van der Waals surface area contributed by atoms with Gasteiger partial charge in [0, 0.05) is 37.4 Å². The summed E-state index contributed by atoms with van der Waals surface area (Å²) < 4.78 is 47.0. The summed E-state index contributed by atoms with van der Waals surface area (Å²) in [5.74, 6) is -1.27. The maximum Gasteiger partial charge on any atom is 0.243 e. The molecule has 0 aliphatic carbocycles. The number of ether oxygens (including phenoxy) is 1. The molecule has 2 aromatic carbocycles. The van der Waals surface area contributed by atoms with Crippen molar-refractivity contribution < 1.29 is 22.3 Å². The molecule has 8 heteroatoms. The Labute approximate surface area is 176 Å². The van der Waals surface area contributed by atoms with Crippen LogP contribution in [0, 0.1) is 24.1 Å². The van der Waals surface area contributed by atoms with E-state index in [0.717, 1.165) is 5.56 Å². The van der Waals surface area contributed by atoms with E-state index in [0.29, 0.717) is 31.7 Å². The number of benzene rings is 2. The van der Waals surface area contributed by atoms with E-state index in [4.69, 9.17) is 4.74 Å². The Balaban J connectivity index is 1.63. The fourth-order valence-electron chi connectivity index (χ4n) is 4.47. The molecule has 1 spiro atoms. The molecule has 1 amide bonds. The van der Waals surface area contributed by atoms with Crippen LogP contribution in [0.2, 0.25) is 0 Å². The molecule has 2 aliphatic rings. The number of carbonyl (C=O) groups excluding carboxylic acids is 1. The molecule has 6 nitrogen and oxygen atoms in total. The second kappa shape index (κ2) is 8.09. The largest absolute Gasteiger partial charge is 0.381 e. The lowest BCUT2D eigenvalue weighted by atomic mass is 9.72. The first-order valence-electron chi connectivity index (χ1n) is 10.0. The van der Waals surface area contributed by atoms with Gasteiger partial charge in [-0.3, -0.25) is 4.79 Å². The quantitative estimate of drug-likeness (QED) is 0.805. The molecule has 1 N–H and O–H groups in total. The normalized spacial score (nSPS) is 21.6. The lowest BCUT2D eigenvalue weighted by Gasteiger charge is -2.37. The summed E-state index contributed by atoms with van der Waals surface area (Å²) in [5, 5.41) is 2.78. The molecule has 30 heavy (non-hydrogen) atoms. The van der Waals surface area contributed by atoms with Crippen LogP contribution < -0.4 is 5.32 Å². The maximum atomic E-state index is 13.5. The van der Waals surface area contributed by atoms with Gasteiger partial charge in [-0.1, -0.05) is 18.2 Å². The third-order valence-corrected chi connectivity index (χ3v) is 7.95. The predicted octanol–water partition coefficient (Wildman–Crippen LogP) is 3.19. The van der Waals surface area contributed by atoms with E-state index in [2.05, 4.69) is 5.32 Å². The van der Waals surface area contributed by atoms with Gasteiger partial charge in [0.05, 0.1) is 10.8 Å². The van der Waals surface area contributed by atoms with E-state index in [9.17, 15) is 17.6 Å². The van der Waals surface area contributed by atoms with Crippen molar-refractivity contribution in [3.05, 3.63) is 59.9 Å². The van der Waals surface area contributed by atoms with Gasteiger partial charge in [-0.15, -0.1) is 0 Å². The maximum absolute atomic E-state index is 13.5. The average Bonchev–Trinajstić information content (AvgIpc) is 3.08. The summed E-state index contributed by atoms with van der Waals surface area (Å²) in [6, 6.07) is 12.5. The van der Waals surface area contributed by atoms with E-state index >= 15 is 0 Å². The van der Waals surface area contributed by atoms with Gasteiger partial charge in [0.1, 0.15) is 5.82 Å². The van der Waals surface area contributed by atoms with Crippen molar-refractivity contribution in [2.24, 2.45) is 11.3 Å². The molecule has 0 radical (unpaired) electrons. The van der Waals surface area contributed by atoms with Crippen molar-refractivity contribution in [1.82, 2.24) is 4.31 Å². The summed E-state index contributed by atoms with van der Waals surface area (Å²) in [7, 11) is -3.73. The van der Waals surface area contributed by atoms with Crippen molar-refractivity contribution in [1.29, 1.82) is 0 Å². The molecule has 2 aliphatic heterocycles. The minimum Gasteiger partial charge on any atom is -0.381 e. The van der Waals surface area contributed by atoms with Gasteiger partial charge < -0.3 is 10.1 Å². The van der Waals surface area contributed by atoms with E-state index in [1.54, 1.807) is 24.3 Å². The summed E-state index contributed by atoms with van der Waals surface area (Å²) in [6.45, 7) is 3.19. The number of hydrogen-bond acceptors (Lipinski definition) is 4. The van der Waals surface area contributed by atoms with E-state index in [1.165, 1.54) is 22.5 Å². The number of hydrogen-bond donors (Lipinski definition) is 1. The van der Waals surface area contributed by atoms with Crippen LogP contribution in [-0.2, 0) is 19.6 Å². The van der Waals surface area contributed by atoms with Gasteiger partial charge in [-0.05, 0) is 55.7 Å². The molecule has 1 atom stereocenters. The standard InChI is InChI=1S/C22H25FN2O4S/c1-16-4-2-7-19(12-16)30(27,28)25-14-20(22(15-25)8-10-29-11-9-22)21(26)24-18-6-3-5-17(23)13-18/h2-7,12-13,20H,8-11,14-15H2,1H3,(H,24,26)/t20-/m1/s1. The Kier molecular flexibility index (Phi) is 5.65. The molecule has 2 heterocycles. The number of rotatable bonds is 4. The number of aryl methyl sites for hydroxylation is 1. The first kappa shape index (κ1) is 21.0. The number of nitrogens with zero attached hydrogens (tertiary/aromatic N) is 1. The molecule has 4 rings (SSSR count). The van der Waals surface area contributed by atoms with Crippen LogP contribution in [0.4, 0.5) is 10.1 Å². The molecule has 0 saturated carbocycles. The highest BCUT2D eigenvalue weighted by Gasteiger charge is 2.53. The minimum absolute atomic E-state index is 0.0947. The van der Waals surface area contributed by atoms with Crippen LogP contribution in [0.5, 0.6) is 0 Å². The molecular weight excluding hydrogens is 407 g/mol. The van der Waals surface area contributed by atoms with Crippen LogP contribution in [0.25, 0.3) is 0 Å². The predicted molar refractivity (Wildman–Crippen MR) is 111 cm³/mol. The zero-order valence-corrected chi connectivity index (χ0v) is 17.6. The molecule has 0 aromatic heterocycles. The molecule has 0 unspecified atom stereocenters. The number of halogens is 1. The first-order valence-corrected chi connectivity index (χ1v) is 11.5. The van der Waals surface area contributed by atoms with Gasteiger partial charge in [0.25, 0.3) is 0 Å². The highest BCUT2D eigenvalue weighted by Crippen LogP contribution is 2.46. The van der Waals surface area contributed by atoms with E-state index < -0.39 is 27.2 Å². The van der Waals surface area contributed by atoms with Crippen molar-refractivity contribution >= 4 is 21.6 Å². The van der Waals surface area contributed by atoms with Crippen LogP contribution in [0.15, 0.2) is 53.4 Å². The Bertz CT molecular complexity index is 1050. The fraction of sp³-hybridized carbons (Fsp3) is 0.409. The summed E-state index contributed by atoms with van der Waals surface area (Å²) in [4.78, 5) is 13.4. The van der Waals surface area contributed by atoms with Crippen molar-refractivity contribution in [3.8, 4) is 0 Å². The van der Waals surface area contributed by atoms with Gasteiger partial charge in [0.2, 0.25) is 15.9 Å². The second-order valence-corrected chi connectivity index (χ2v) is 10.1. The second-order valence-electron chi connectivity index (χ2n) is 8.14. The van der Waals surface area contributed by atoms with Crippen LogP contribution in [0.3, 0.4) is 0 Å². The summed E-state index contributed by atoms with van der Waals surface area (Å²) in [6.07, 6.45) is 1.21. The number of anilines is 1. The Morgan fingerprint density at radius 2 is 1.90 bits per heavy atom. The number of amides is 1. The molecule has 0 bridgehead atoms. The van der Waals surface area contributed by atoms with Crippen LogP contribution >= 0.6 is 0 Å². The smallest absolute Gasteiger partial charge is 0.243 e.